The van der Waals surface area contributed by atoms with Gasteiger partial charge in [0.05, 0.1) is 7.11 Å². The first-order chi connectivity index (χ1) is 10.8. The second-order valence-electron chi connectivity index (χ2n) is 6.24. The largest absolute Gasteiger partial charge is 0.497 e. The highest BCUT2D eigenvalue weighted by Gasteiger charge is 2.38. The van der Waals surface area contributed by atoms with E-state index in [0.717, 1.165) is 11.3 Å². The van der Waals surface area contributed by atoms with E-state index < -0.39 is 11.5 Å². The Hall–Kier alpha value is -2.04. The predicted molar refractivity (Wildman–Crippen MR) is 89.6 cm³/mol. The molecule has 23 heavy (non-hydrogen) atoms. The molecule has 1 rings (SSSR count). The van der Waals surface area contributed by atoms with Gasteiger partial charge in [-0.1, -0.05) is 32.9 Å². The average molecular weight is 321 g/mol. The molecule has 1 atom stereocenters. The van der Waals surface area contributed by atoms with Gasteiger partial charge in [0.25, 0.3) is 0 Å². The standard InChI is InChI=1S/C18H27NO4/c1-5-18(17(21)22,12-13(2)3)19-16(20)11-8-14-6-9-15(23-4)10-7-14/h6-7,9-10,13H,5,8,11-12H2,1-4H3,(H,19,20)(H,21,22). The minimum Gasteiger partial charge on any atom is -0.497 e. The summed E-state index contributed by atoms with van der Waals surface area (Å²) in [6.07, 6.45) is 1.62. The van der Waals surface area contributed by atoms with Crippen molar-refractivity contribution in [1.82, 2.24) is 5.32 Å². The van der Waals surface area contributed by atoms with Crippen LogP contribution in [0.15, 0.2) is 24.3 Å². The van der Waals surface area contributed by atoms with E-state index in [1.807, 2.05) is 38.1 Å². The van der Waals surface area contributed by atoms with Gasteiger partial charge in [-0.15, -0.1) is 0 Å². The van der Waals surface area contributed by atoms with Crippen LogP contribution in [0.2, 0.25) is 0 Å². The van der Waals surface area contributed by atoms with E-state index in [-0.39, 0.29) is 18.2 Å². The zero-order valence-corrected chi connectivity index (χ0v) is 14.4. The van der Waals surface area contributed by atoms with Crippen LogP contribution in [0.25, 0.3) is 0 Å². The number of carboxylic acid groups (broad SMARTS) is 1. The number of methoxy groups -OCH3 is 1. The molecule has 0 saturated heterocycles. The van der Waals surface area contributed by atoms with Crippen molar-refractivity contribution in [2.75, 3.05) is 7.11 Å². The van der Waals surface area contributed by atoms with Crippen molar-refractivity contribution < 1.29 is 19.4 Å². The molecule has 0 aromatic heterocycles. The fraction of sp³-hybridized carbons (Fsp3) is 0.556. The molecule has 0 saturated carbocycles. The summed E-state index contributed by atoms with van der Waals surface area (Å²) in [5.41, 5.74) is -0.159. The number of aliphatic carboxylic acids is 1. The lowest BCUT2D eigenvalue weighted by molar-refractivity contribution is -0.148. The Morgan fingerprint density at radius 2 is 1.87 bits per heavy atom. The highest BCUT2D eigenvalue weighted by molar-refractivity contribution is 5.87. The lowest BCUT2D eigenvalue weighted by Crippen LogP contribution is -2.55. The lowest BCUT2D eigenvalue weighted by Gasteiger charge is -2.31. The number of nitrogens with one attached hydrogen (secondary N) is 1. The SMILES string of the molecule is CCC(CC(C)C)(NC(=O)CCc1ccc(OC)cc1)C(=O)O. The van der Waals surface area contributed by atoms with Crippen LogP contribution in [0.5, 0.6) is 5.75 Å². The first kappa shape index (κ1) is 19.0. The van der Waals surface area contributed by atoms with Gasteiger partial charge in [0.1, 0.15) is 11.3 Å². The van der Waals surface area contributed by atoms with Crippen molar-refractivity contribution in [2.45, 2.75) is 52.0 Å². The minimum atomic E-state index is -1.18. The fourth-order valence-electron chi connectivity index (χ4n) is 2.65. The Labute approximate surface area is 138 Å². The van der Waals surface area contributed by atoms with Crippen LogP contribution in [0.4, 0.5) is 0 Å². The molecular weight excluding hydrogens is 294 g/mol. The summed E-state index contributed by atoms with van der Waals surface area (Å²) in [5.74, 6) is -0.240. The molecule has 5 nitrogen and oxygen atoms in total. The van der Waals surface area contributed by atoms with E-state index in [2.05, 4.69) is 5.32 Å². The van der Waals surface area contributed by atoms with Crippen molar-refractivity contribution in [3.05, 3.63) is 29.8 Å². The summed E-state index contributed by atoms with van der Waals surface area (Å²) in [6.45, 7) is 5.70. The van der Waals surface area contributed by atoms with Crippen LogP contribution in [0.3, 0.4) is 0 Å². The number of hydrogen-bond acceptors (Lipinski definition) is 3. The van der Waals surface area contributed by atoms with E-state index in [9.17, 15) is 14.7 Å². The molecular formula is C18H27NO4. The van der Waals surface area contributed by atoms with E-state index >= 15 is 0 Å². The van der Waals surface area contributed by atoms with Crippen LogP contribution in [0, 0.1) is 5.92 Å². The summed E-state index contributed by atoms with van der Waals surface area (Å²) in [6, 6.07) is 7.51. The average Bonchev–Trinajstić information content (AvgIpc) is 2.52. The molecule has 0 bridgehead atoms. The van der Waals surface area contributed by atoms with Gasteiger partial charge in [-0.2, -0.15) is 0 Å². The van der Waals surface area contributed by atoms with E-state index in [0.29, 0.717) is 19.3 Å². The molecule has 1 aromatic carbocycles. The molecule has 0 heterocycles. The number of carboxylic acids is 1. The first-order valence-electron chi connectivity index (χ1n) is 8.00. The number of hydrogen-bond donors (Lipinski definition) is 2. The molecule has 0 spiro atoms. The maximum atomic E-state index is 12.2. The molecule has 1 aromatic rings. The number of ether oxygens (including phenoxy) is 1. The number of rotatable bonds is 9. The number of amides is 1. The van der Waals surface area contributed by atoms with Crippen molar-refractivity contribution in [3.63, 3.8) is 0 Å². The van der Waals surface area contributed by atoms with Crippen LogP contribution in [-0.2, 0) is 16.0 Å². The first-order valence-corrected chi connectivity index (χ1v) is 8.00. The van der Waals surface area contributed by atoms with Crippen LogP contribution < -0.4 is 10.1 Å². The fourth-order valence-corrected chi connectivity index (χ4v) is 2.65. The van der Waals surface area contributed by atoms with Crippen LogP contribution >= 0.6 is 0 Å². The van der Waals surface area contributed by atoms with Crippen LogP contribution in [0.1, 0.15) is 45.6 Å². The molecule has 0 fully saturated rings. The lowest BCUT2D eigenvalue weighted by atomic mass is 9.86. The van der Waals surface area contributed by atoms with Gasteiger partial charge in [-0.3, -0.25) is 4.79 Å². The van der Waals surface area contributed by atoms with Crippen LogP contribution in [-0.4, -0.2) is 29.6 Å². The Bertz CT molecular complexity index is 524. The highest BCUT2D eigenvalue weighted by Crippen LogP contribution is 2.22. The van der Waals surface area contributed by atoms with Gasteiger partial charge < -0.3 is 15.2 Å². The molecule has 1 amide bonds. The Balaban J connectivity index is 2.66. The molecule has 2 N–H and O–H groups in total. The smallest absolute Gasteiger partial charge is 0.329 e. The van der Waals surface area contributed by atoms with Gasteiger partial charge in [0.15, 0.2) is 0 Å². The summed E-state index contributed by atoms with van der Waals surface area (Å²) in [4.78, 5) is 23.8. The molecule has 0 radical (unpaired) electrons. The minimum absolute atomic E-state index is 0.188. The zero-order chi connectivity index (χ0) is 17.5. The van der Waals surface area contributed by atoms with Crippen molar-refractivity contribution in [3.8, 4) is 5.75 Å². The molecule has 1 unspecified atom stereocenters. The Morgan fingerprint density at radius 3 is 2.30 bits per heavy atom. The number of aryl methyl sites for hydroxylation is 1. The molecule has 0 aliphatic heterocycles. The summed E-state index contributed by atoms with van der Waals surface area (Å²) in [5, 5.41) is 12.3. The number of carbonyl (C=O) groups excluding carboxylic acids is 1. The maximum absolute atomic E-state index is 12.2. The second kappa shape index (κ2) is 8.56. The number of carbonyl (C=O) groups is 2. The Morgan fingerprint density at radius 1 is 1.26 bits per heavy atom. The van der Waals surface area contributed by atoms with Gasteiger partial charge >= 0.3 is 5.97 Å². The monoisotopic (exact) mass is 321 g/mol. The van der Waals surface area contributed by atoms with E-state index in [4.69, 9.17) is 4.74 Å². The summed E-state index contributed by atoms with van der Waals surface area (Å²) < 4.78 is 5.09. The molecule has 128 valence electrons. The second-order valence-corrected chi connectivity index (χ2v) is 6.24. The summed E-state index contributed by atoms with van der Waals surface area (Å²) in [7, 11) is 1.60. The van der Waals surface area contributed by atoms with E-state index in [1.165, 1.54) is 0 Å². The molecule has 0 aliphatic carbocycles. The Kier molecular flexibility index (Phi) is 7.07. The molecule has 5 heteroatoms. The van der Waals surface area contributed by atoms with Crippen molar-refractivity contribution in [1.29, 1.82) is 0 Å². The third kappa shape index (κ3) is 5.58. The quantitative estimate of drug-likeness (QED) is 0.733. The topological polar surface area (TPSA) is 75.6 Å². The third-order valence-corrected chi connectivity index (χ3v) is 3.95. The third-order valence-electron chi connectivity index (χ3n) is 3.95. The van der Waals surface area contributed by atoms with Gasteiger partial charge in [-0.25, -0.2) is 4.79 Å². The van der Waals surface area contributed by atoms with Crippen molar-refractivity contribution in [2.24, 2.45) is 5.92 Å². The highest BCUT2D eigenvalue weighted by atomic mass is 16.5. The zero-order valence-electron chi connectivity index (χ0n) is 14.4. The van der Waals surface area contributed by atoms with Crippen molar-refractivity contribution >= 4 is 11.9 Å². The van der Waals surface area contributed by atoms with Gasteiger partial charge in [0, 0.05) is 6.42 Å². The number of benzene rings is 1. The van der Waals surface area contributed by atoms with Gasteiger partial charge in [0.2, 0.25) is 5.91 Å². The van der Waals surface area contributed by atoms with E-state index in [1.54, 1.807) is 14.0 Å². The predicted octanol–water partition coefficient (Wildman–Crippen LogP) is 3.02. The normalized spacial score (nSPS) is 13.4. The maximum Gasteiger partial charge on any atom is 0.329 e. The summed E-state index contributed by atoms with van der Waals surface area (Å²) >= 11 is 0. The molecule has 0 aliphatic rings. The van der Waals surface area contributed by atoms with Gasteiger partial charge in [-0.05, 0) is 42.9 Å².